The lowest BCUT2D eigenvalue weighted by Gasteiger charge is -2.44. The highest BCUT2D eigenvalue weighted by Gasteiger charge is 2.30. The number of rotatable bonds is 10. The maximum Gasteiger partial charge on any atom is 0.293 e. The Morgan fingerprint density at radius 1 is 0.841 bits per heavy atom. The van der Waals surface area contributed by atoms with Crippen LogP contribution in [0.3, 0.4) is 0 Å². The van der Waals surface area contributed by atoms with Gasteiger partial charge in [0, 0.05) is 96.9 Å². The quantitative estimate of drug-likeness (QED) is 0.107. The first-order valence-electron chi connectivity index (χ1n) is 22.0. The van der Waals surface area contributed by atoms with E-state index in [4.69, 9.17) is 9.51 Å². The van der Waals surface area contributed by atoms with Gasteiger partial charge >= 0.3 is 0 Å². The van der Waals surface area contributed by atoms with Crippen LogP contribution in [0.25, 0.3) is 33.4 Å². The molecule has 3 saturated heterocycles. The number of nitrogens with zero attached hydrogens (tertiary/aromatic N) is 7. The molecule has 3 amide bonds. The largest absolute Gasteiger partial charge is 0.374 e. The van der Waals surface area contributed by atoms with E-state index in [-0.39, 0.29) is 41.0 Å². The van der Waals surface area contributed by atoms with Gasteiger partial charge in [0.25, 0.3) is 11.7 Å². The van der Waals surface area contributed by atoms with E-state index in [0.717, 1.165) is 96.7 Å². The lowest BCUT2D eigenvalue weighted by molar-refractivity contribution is -0.133. The molecule has 3 fully saturated rings. The van der Waals surface area contributed by atoms with Crippen LogP contribution in [0, 0.1) is 6.92 Å². The molecule has 0 saturated carbocycles. The zero-order chi connectivity index (χ0) is 43.8. The van der Waals surface area contributed by atoms with Gasteiger partial charge < -0.3 is 25.0 Å². The molecule has 6 aromatic rings. The number of amides is 3. The Kier molecular flexibility index (Phi) is 11.4. The number of hydrogen-bond acceptors (Lipinski definition) is 12. The molecule has 9 rings (SSSR count). The number of aromatic amines is 1. The Labute approximate surface area is 367 Å². The monoisotopic (exact) mass is 849 g/mol. The number of aromatic nitrogens is 5. The van der Waals surface area contributed by atoms with E-state index >= 15 is 0 Å². The fourth-order valence-electron chi connectivity index (χ4n) is 9.05. The van der Waals surface area contributed by atoms with Crippen molar-refractivity contribution in [1.82, 2.24) is 40.9 Å². The highest BCUT2D eigenvalue weighted by molar-refractivity contribution is 6.01. The minimum absolute atomic E-state index is 0.0239. The number of anilines is 3. The van der Waals surface area contributed by atoms with E-state index < -0.39 is 0 Å². The van der Waals surface area contributed by atoms with Crippen molar-refractivity contribution in [2.45, 2.75) is 83.8 Å². The molecule has 0 aliphatic carbocycles. The topological polar surface area (TPSA) is 178 Å². The van der Waals surface area contributed by atoms with Gasteiger partial charge in [0.1, 0.15) is 6.04 Å². The molecule has 3 aromatic carbocycles. The number of imide groups is 1. The average Bonchev–Trinajstić information content (AvgIpc) is 3.97. The van der Waals surface area contributed by atoms with Gasteiger partial charge in [-0.1, -0.05) is 50.2 Å². The standard InChI is InChI=1S/C48H55N11O4/c1-29-26-32(8-15-38(29)30(2)50-46(62)44-53-47(63-56-44)48(3,4)5)42-39-27-33(28-49-43(39)55-54-42)31-6-11-35(12-7-31)58-22-24-59(25-23-58)37-18-20-57(21-19-37)36-13-9-34(10-14-36)51-40-16-17-41(60)52-45(40)61/h6-15,26-28,30,37,40,51H,16-25H2,1-5H3,(H,50,62)(H,49,54,55)(H,52,60,61)/t30-,40?/m1/s1. The third-order valence-electron chi connectivity index (χ3n) is 12.7. The first-order valence-corrected chi connectivity index (χ1v) is 22.0. The van der Waals surface area contributed by atoms with E-state index in [1.54, 1.807) is 0 Å². The Morgan fingerprint density at radius 2 is 1.52 bits per heavy atom. The molecule has 2 atom stereocenters. The molecule has 6 heterocycles. The highest BCUT2D eigenvalue weighted by Crippen LogP contribution is 2.33. The summed E-state index contributed by atoms with van der Waals surface area (Å²) >= 11 is 0. The highest BCUT2D eigenvalue weighted by atomic mass is 16.5. The maximum absolute atomic E-state index is 13.0. The van der Waals surface area contributed by atoms with Crippen molar-refractivity contribution in [3.05, 3.63) is 102 Å². The van der Waals surface area contributed by atoms with E-state index in [9.17, 15) is 14.4 Å². The Balaban J connectivity index is 0.775. The first kappa shape index (κ1) is 41.7. The van der Waals surface area contributed by atoms with Crippen LogP contribution in [0.5, 0.6) is 0 Å². The SMILES string of the molecule is Cc1cc(-c2[nH]nc3ncc(-c4ccc(N5CCN(C6CCN(c7ccc(NC8CCC(=O)NC8=O)cc7)CC6)CC5)cc4)cc23)ccc1[C@@H](C)NC(=O)c1noc(C(C)(C)C)n1. The number of benzene rings is 3. The molecule has 3 aliphatic rings. The van der Waals surface area contributed by atoms with Gasteiger partial charge in [-0.2, -0.15) is 10.1 Å². The van der Waals surface area contributed by atoms with Crippen molar-refractivity contribution < 1.29 is 18.9 Å². The summed E-state index contributed by atoms with van der Waals surface area (Å²) in [5, 5.41) is 21.3. The summed E-state index contributed by atoms with van der Waals surface area (Å²) in [6, 6.07) is 25.4. The molecule has 3 aromatic heterocycles. The Hall–Kier alpha value is -6.61. The molecular weight excluding hydrogens is 795 g/mol. The molecule has 1 unspecified atom stereocenters. The number of piperazine rings is 1. The van der Waals surface area contributed by atoms with E-state index in [2.05, 4.69) is 99.5 Å². The van der Waals surface area contributed by atoms with Crippen molar-refractivity contribution in [2.75, 3.05) is 54.4 Å². The Morgan fingerprint density at radius 3 is 2.19 bits per heavy atom. The fourth-order valence-corrected chi connectivity index (χ4v) is 9.05. The number of nitrogens with one attached hydrogen (secondary N) is 4. The molecule has 0 bridgehead atoms. The molecule has 15 nitrogen and oxygen atoms in total. The number of carbonyl (C=O) groups is 3. The van der Waals surface area contributed by atoms with Crippen molar-refractivity contribution >= 4 is 45.8 Å². The molecule has 4 N–H and O–H groups in total. The summed E-state index contributed by atoms with van der Waals surface area (Å²) in [5.41, 5.74) is 9.63. The summed E-state index contributed by atoms with van der Waals surface area (Å²) in [4.78, 5) is 53.2. The number of fused-ring (bicyclic) bond motifs is 1. The molecular formula is C48H55N11O4. The van der Waals surface area contributed by atoms with Crippen LogP contribution in [0.4, 0.5) is 17.1 Å². The number of carbonyl (C=O) groups excluding carboxylic acids is 3. The summed E-state index contributed by atoms with van der Waals surface area (Å²) in [6.45, 7) is 16.0. The third-order valence-corrected chi connectivity index (χ3v) is 12.7. The summed E-state index contributed by atoms with van der Waals surface area (Å²) in [6.07, 6.45) is 5.02. The van der Waals surface area contributed by atoms with Gasteiger partial charge in [0.05, 0.1) is 11.7 Å². The lowest BCUT2D eigenvalue weighted by Crippen LogP contribution is -2.53. The van der Waals surface area contributed by atoms with Crippen molar-refractivity contribution in [3.8, 4) is 22.4 Å². The van der Waals surface area contributed by atoms with Crippen molar-refractivity contribution in [3.63, 3.8) is 0 Å². The van der Waals surface area contributed by atoms with Gasteiger partial charge in [-0.25, -0.2) is 4.98 Å². The number of H-pyrrole nitrogens is 1. The predicted octanol–water partition coefficient (Wildman–Crippen LogP) is 6.78. The number of hydrogen-bond donors (Lipinski definition) is 4. The average molecular weight is 850 g/mol. The smallest absolute Gasteiger partial charge is 0.293 e. The third kappa shape index (κ3) is 9.01. The van der Waals surface area contributed by atoms with Crippen LogP contribution in [0.15, 0.2) is 83.5 Å². The molecule has 0 radical (unpaired) electrons. The first-order chi connectivity index (χ1) is 30.4. The van der Waals surface area contributed by atoms with Crippen LogP contribution in [-0.2, 0) is 15.0 Å². The van der Waals surface area contributed by atoms with Crippen molar-refractivity contribution in [1.29, 1.82) is 0 Å². The zero-order valence-corrected chi connectivity index (χ0v) is 36.6. The number of pyridine rings is 1. The van der Waals surface area contributed by atoms with Crippen LogP contribution < -0.4 is 25.8 Å². The molecule has 326 valence electrons. The second kappa shape index (κ2) is 17.3. The van der Waals surface area contributed by atoms with Crippen LogP contribution in [-0.4, -0.2) is 99.3 Å². The molecule has 3 aliphatic heterocycles. The normalized spacial score (nSPS) is 18.4. The number of aryl methyl sites for hydroxylation is 1. The van der Waals surface area contributed by atoms with E-state index in [1.807, 2.05) is 65.1 Å². The maximum atomic E-state index is 13.0. The van der Waals surface area contributed by atoms with Crippen LogP contribution in [0.1, 0.15) is 87.1 Å². The molecule has 15 heteroatoms. The van der Waals surface area contributed by atoms with Gasteiger partial charge in [-0.15, -0.1) is 0 Å². The summed E-state index contributed by atoms with van der Waals surface area (Å²) in [5.74, 6) is -0.396. The van der Waals surface area contributed by atoms with Crippen LogP contribution >= 0.6 is 0 Å². The van der Waals surface area contributed by atoms with E-state index in [0.29, 0.717) is 30.4 Å². The van der Waals surface area contributed by atoms with Crippen LogP contribution in [0.2, 0.25) is 0 Å². The van der Waals surface area contributed by atoms with Gasteiger partial charge in [0.2, 0.25) is 17.7 Å². The minimum atomic E-state index is -0.382. The van der Waals surface area contributed by atoms with Crippen molar-refractivity contribution in [2.24, 2.45) is 0 Å². The number of piperidine rings is 2. The summed E-state index contributed by atoms with van der Waals surface area (Å²) < 4.78 is 5.32. The Bertz CT molecular complexity index is 2620. The molecule has 0 spiro atoms. The molecule has 63 heavy (non-hydrogen) atoms. The van der Waals surface area contributed by atoms with E-state index in [1.165, 1.54) is 11.4 Å². The van der Waals surface area contributed by atoms with Gasteiger partial charge in [-0.3, -0.25) is 29.7 Å². The lowest BCUT2D eigenvalue weighted by atomic mass is 9.97. The summed E-state index contributed by atoms with van der Waals surface area (Å²) in [7, 11) is 0. The predicted molar refractivity (Wildman–Crippen MR) is 244 cm³/mol. The second-order valence-electron chi connectivity index (χ2n) is 18.1. The fraction of sp³-hybridized carbons (Fsp3) is 0.396. The van der Waals surface area contributed by atoms with Gasteiger partial charge in [-0.05, 0) is 98.3 Å². The van der Waals surface area contributed by atoms with Gasteiger partial charge in [0.15, 0.2) is 5.65 Å². The minimum Gasteiger partial charge on any atom is -0.374 e. The zero-order valence-electron chi connectivity index (χ0n) is 36.6. The second-order valence-corrected chi connectivity index (χ2v) is 18.1.